The lowest BCUT2D eigenvalue weighted by atomic mass is 10.2. The molecular weight excluding hydrogens is 352 g/mol. The van der Waals surface area contributed by atoms with E-state index in [-0.39, 0.29) is 11.9 Å². The van der Waals surface area contributed by atoms with Crippen LogP contribution in [-0.4, -0.2) is 22.7 Å². The standard InChI is InChI=1S/C15H17BrN2O2S/c1-3-10(2)18-14(19)9-21-15-17-8-13(20-15)11-5-4-6-12(16)7-11/h4-8,10H,3,9H2,1-2H3,(H,18,19)/t10-/m1/s1. The molecule has 0 saturated heterocycles. The van der Waals surface area contributed by atoms with Crippen molar-refractivity contribution in [1.82, 2.24) is 10.3 Å². The highest BCUT2D eigenvalue weighted by Gasteiger charge is 2.11. The molecular formula is C15H17BrN2O2S. The van der Waals surface area contributed by atoms with E-state index in [1.165, 1.54) is 11.8 Å². The summed E-state index contributed by atoms with van der Waals surface area (Å²) in [5.74, 6) is 1.00. The highest BCUT2D eigenvalue weighted by molar-refractivity contribution is 9.10. The van der Waals surface area contributed by atoms with Crippen LogP contribution in [0.5, 0.6) is 0 Å². The lowest BCUT2D eigenvalue weighted by molar-refractivity contribution is -0.119. The zero-order valence-corrected chi connectivity index (χ0v) is 14.3. The molecule has 2 rings (SSSR count). The number of halogens is 1. The van der Waals surface area contributed by atoms with E-state index >= 15 is 0 Å². The van der Waals surface area contributed by atoms with Gasteiger partial charge in [-0.25, -0.2) is 4.98 Å². The van der Waals surface area contributed by atoms with Gasteiger partial charge in [0.2, 0.25) is 5.91 Å². The molecule has 0 aliphatic carbocycles. The fraction of sp³-hybridized carbons (Fsp3) is 0.333. The van der Waals surface area contributed by atoms with Gasteiger partial charge in [0.15, 0.2) is 5.76 Å². The first-order valence-corrected chi connectivity index (χ1v) is 8.50. The van der Waals surface area contributed by atoms with Crippen LogP contribution in [0.15, 0.2) is 44.6 Å². The predicted molar refractivity (Wildman–Crippen MR) is 88.3 cm³/mol. The van der Waals surface area contributed by atoms with Gasteiger partial charge < -0.3 is 9.73 Å². The molecule has 0 aliphatic heterocycles. The molecule has 0 bridgehead atoms. The fourth-order valence-electron chi connectivity index (χ4n) is 1.65. The molecule has 4 nitrogen and oxygen atoms in total. The van der Waals surface area contributed by atoms with Gasteiger partial charge in [0.25, 0.3) is 5.22 Å². The van der Waals surface area contributed by atoms with Gasteiger partial charge in [0, 0.05) is 16.1 Å². The van der Waals surface area contributed by atoms with Gasteiger partial charge in [0.05, 0.1) is 11.9 Å². The Morgan fingerprint density at radius 3 is 3.05 bits per heavy atom. The molecule has 0 radical (unpaired) electrons. The minimum Gasteiger partial charge on any atom is -0.431 e. The van der Waals surface area contributed by atoms with Crippen molar-refractivity contribution < 1.29 is 9.21 Å². The Morgan fingerprint density at radius 1 is 1.52 bits per heavy atom. The molecule has 1 N–H and O–H groups in total. The van der Waals surface area contributed by atoms with E-state index in [1.54, 1.807) is 6.20 Å². The number of hydrogen-bond acceptors (Lipinski definition) is 4. The van der Waals surface area contributed by atoms with Crippen LogP contribution >= 0.6 is 27.7 Å². The Morgan fingerprint density at radius 2 is 2.33 bits per heavy atom. The first-order chi connectivity index (χ1) is 10.1. The molecule has 1 aromatic carbocycles. The van der Waals surface area contributed by atoms with Gasteiger partial charge in [-0.15, -0.1) is 0 Å². The van der Waals surface area contributed by atoms with E-state index in [1.807, 2.05) is 38.1 Å². The highest BCUT2D eigenvalue weighted by atomic mass is 79.9. The van der Waals surface area contributed by atoms with Crippen LogP contribution in [0.1, 0.15) is 20.3 Å². The molecule has 2 aromatic rings. The number of hydrogen-bond donors (Lipinski definition) is 1. The Labute approximate surface area is 136 Å². The zero-order chi connectivity index (χ0) is 15.2. The number of carbonyl (C=O) groups excluding carboxylic acids is 1. The number of aromatic nitrogens is 1. The smallest absolute Gasteiger partial charge is 0.256 e. The van der Waals surface area contributed by atoms with Crippen LogP contribution in [-0.2, 0) is 4.79 Å². The molecule has 1 heterocycles. The van der Waals surface area contributed by atoms with E-state index in [4.69, 9.17) is 4.42 Å². The van der Waals surface area contributed by atoms with Crippen LogP contribution in [0.4, 0.5) is 0 Å². The number of nitrogens with zero attached hydrogens (tertiary/aromatic N) is 1. The molecule has 0 aliphatic rings. The van der Waals surface area contributed by atoms with E-state index in [0.29, 0.717) is 16.7 Å². The van der Waals surface area contributed by atoms with Gasteiger partial charge >= 0.3 is 0 Å². The Balaban J connectivity index is 1.93. The van der Waals surface area contributed by atoms with E-state index in [2.05, 4.69) is 26.2 Å². The third kappa shape index (κ3) is 4.89. The quantitative estimate of drug-likeness (QED) is 0.779. The van der Waals surface area contributed by atoms with Crippen LogP contribution < -0.4 is 5.32 Å². The first kappa shape index (κ1) is 16.1. The molecule has 0 saturated carbocycles. The second-order valence-electron chi connectivity index (χ2n) is 4.67. The maximum Gasteiger partial charge on any atom is 0.256 e. The summed E-state index contributed by atoms with van der Waals surface area (Å²) in [6.07, 6.45) is 2.60. The number of nitrogens with one attached hydrogen (secondary N) is 1. The summed E-state index contributed by atoms with van der Waals surface area (Å²) in [5.41, 5.74) is 0.952. The van der Waals surface area contributed by atoms with Crippen LogP contribution in [0.25, 0.3) is 11.3 Å². The summed E-state index contributed by atoms with van der Waals surface area (Å²) >= 11 is 4.72. The summed E-state index contributed by atoms with van der Waals surface area (Å²) < 4.78 is 6.64. The molecule has 1 amide bonds. The Hall–Kier alpha value is -1.27. The summed E-state index contributed by atoms with van der Waals surface area (Å²) in [4.78, 5) is 15.9. The lowest BCUT2D eigenvalue weighted by Gasteiger charge is -2.09. The molecule has 0 fully saturated rings. The summed E-state index contributed by atoms with van der Waals surface area (Å²) in [5, 5.41) is 3.41. The van der Waals surface area contributed by atoms with Crippen LogP contribution in [0.3, 0.4) is 0 Å². The fourth-order valence-corrected chi connectivity index (χ4v) is 2.66. The van der Waals surface area contributed by atoms with Crippen molar-refractivity contribution in [3.8, 4) is 11.3 Å². The number of amides is 1. The summed E-state index contributed by atoms with van der Waals surface area (Å²) in [6, 6.07) is 8.00. The minimum absolute atomic E-state index is 0.00319. The second kappa shape index (κ2) is 7.66. The largest absolute Gasteiger partial charge is 0.431 e. The number of benzene rings is 1. The molecule has 1 aromatic heterocycles. The predicted octanol–water partition coefficient (Wildman–Crippen LogP) is 4.11. The van der Waals surface area contributed by atoms with Crippen molar-refractivity contribution in [3.63, 3.8) is 0 Å². The topological polar surface area (TPSA) is 55.1 Å². The number of thioether (sulfide) groups is 1. The van der Waals surface area contributed by atoms with Gasteiger partial charge in [-0.2, -0.15) is 0 Å². The van der Waals surface area contributed by atoms with Crippen molar-refractivity contribution in [1.29, 1.82) is 0 Å². The maximum atomic E-state index is 11.7. The summed E-state index contributed by atoms with van der Waals surface area (Å²) in [6.45, 7) is 4.02. The van der Waals surface area contributed by atoms with Crippen molar-refractivity contribution >= 4 is 33.6 Å². The Bertz CT molecular complexity index is 615. The van der Waals surface area contributed by atoms with E-state index in [9.17, 15) is 4.79 Å². The number of carbonyl (C=O) groups is 1. The Kier molecular flexibility index (Phi) is 5.87. The zero-order valence-electron chi connectivity index (χ0n) is 11.9. The van der Waals surface area contributed by atoms with Crippen LogP contribution in [0.2, 0.25) is 0 Å². The van der Waals surface area contributed by atoms with Crippen molar-refractivity contribution in [2.45, 2.75) is 31.5 Å². The SMILES string of the molecule is CC[C@@H](C)NC(=O)CSc1ncc(-c2cccc(Br)c2)o1. The van der Waals surface area contributed by atoms with E-state index < -0.39 is 0 Å². The maximum absolute atomic E-state index is 11.7. The molecule has 112 valence electrons. The monoisotopic (exact) mass is 368 g/mol. The van der Waals surface area contributed by atoms with Gasteiger partial charge in [-0.3, -0.25) is 4.79 Å². The average Bonchev–Trinajstić information content (AvgIpc) is 2.94. The van der Waals surface area contributed by atoms with Gasteiger partial charge in [-0.1, -0.05) is 46.7 Å². The third-order valence-electron chi connectivity index (χ3n) is 2.94. The molecule has 6 heteroatoms. The molecule has 0 spiro atoms. The van der Waals surface area contributed by atoms with E-state index in [0.717, 1.165) is 16.5 Å². The van der Waals surface area contributed by atoms with Crippen molar-refractivity contribution in [3.05, 3.63) is 34.9 Å². The molecule has 0 unspecified atom stereocenters. The lowest BCUT2D eigenvalue weighted by Crippen LogP contribution is -2.33. The third-order valence-corrected chi connectivity index (χ3v) is 4.28. The van der Waals surface area contributed by atoms with Gasteiger partial charge in [-0.05, 0) is 25.5 Å². The van der Waals surface area contributed by atoms with Crippen molar-refractivity contribution in [2.24, 2.45) is 0 Å². The van der Waals surface area contributed by atoms with Crippen molar-refractivity contribution in [2.75, 3.05) is 5.75 Å². The highest BCUT2D eigenvalue weighted by Crippen LogP contribution is 2.27. The number of rotatable bonds is 6. The summed E-state index contributed by atoms with van der Waals surface area (Å²) in [7, 11) is 0. The number of oxazole rings is 1. The normalized spacial score (nSPS) is 12.1. The van der Waals surface area contributed by atoms with Gasteiger partial charge in [0.1, 0.15) is 0 Å². The average molecular weight is 369 g/mol. The first-order valence-electron chi connectivity index (χ1n) is 6.72. The van der Waals surface area contributed by atoms with Crippen LogP contribution in [0, 0.1) is 0 Å². The molecule has 1 atom stereocenters. The minimum atomic E-state index is -0.00319. The second-order valence-corrected chi connectivity index (χ2v) is 6.51. The molecule has 21 heavy (non-hydrogen) atoms.